The molecule has 7 nitrogen and oxygen atoms in total. The number of nitrogens with zero attached hydrogens (tertiary/aromatic N) is 1. The standard InChI is InChI=1S/C20H26FN3O4/c1-12(23-18(25)9-13-5-7-22-19(13)26)14-6-8-24(11-14)20(27)16-10-15(21)3-4-17(16)28-2/h3-4,10,12-14H,5-9,11H2,1-2H3,(H,22,26)(H,23,25). The summed E-state index contributed by atoms with van der Waals surface area (Å²) >= 11 is 0. The number of halogens is 1. The number of hydrogen-bond donors (Lipinski definition) is 2. The average molecular weight is 391 g/mol. The molecule has 2 fully saturated rings. The van der Waals surface area contributed by atoms with E-state index in [1.807, 2.05) is 6.92 Å². The van der Waals surface area contributed by atoms with Crippen molar-refractivity contribution in [1.82, 2.24) is 15.5 Å². The summed E-state index contributed by atoms with van der Waals surface area (Å²) in [4.78, 5) is 38.3. The van der Waals surface area contributed by atoms with Crippen LogP contribution in [0, 0.1) is 17.7 Å². The van der Waals surface area contributed by atoms with Gasteiger partial charge in [-0.15, -0.1) is 0 Å². The van der Waals surface area contributed by atoms with Gasteiger partial charge in [-0.25, -0.2) is 4.39 Å². The zero-order valence-electron chi connectivity index (χ0n) is 16.2. The Morgan fingerprint density at radius 2 is 2.18 bits per heavy atom. The lowest BCUT2D eigenvalue weighted by atomic mass is 9.99. The molecule has 0 spiro atoms. The van der Waals surface area contributed by atoms with E-state index >= 15 is 0 Å². The molecule has 3 unspecified atom stereocenters. The molecule has 1 aromatic carbocycles. The Balaban J connectivity index is 1.55. The van der Waals surface area contributed by atoms with Gasteiger partial charge in [0.2, 0.25) is 11.8 Å². The SMILES string of the molecule is COc1ccc(F)cc1C(=O)N1CCC(C(C)NC(=O)CC2CCNC2=O)C1. The van der Waals surface area contributed by atoms with Gasteiger partial charge in [0.25, 0.3) is 5.91 Å². The highest BCUT2D eigenvalue weighted by Crippen LogP contribution is 2.26. The second-order valence-electron chi connectivity index (χ2n) is 7.48. The van der Waals surface area contributed by atoms with Crippen LogP contribution < -0.4 is 15.4 Å². The summed E-state index contributed by atoms with van der Waals surface area (Å²) in [5, 5.41) is 5.69. The molecule has 0 saturated carbocycles. The maximum absolute atomic E-state index is 13.6. The maximum Gasteiger partial charge on any atom is 0.257 e. The summed E-state index contributed by atoms with van der Waals surface area (Å²) in [5.41, 5.74) is 0.201. The average Bonchev–Trinajstić information content (AvgIpc) is 3.31. The van der Waals surface area contributed by atoms with Crippen molar-refractivity contribution in [2.45, 2.75) is 32.2 Å². The van der Waals surface area contributed by atoms with Crippen LogP contribution in [0.1, 0.15) is 36.5 Å². The highest BCUT2D eigenvalue weighted by Gasteiger charge is 2.33. The van der Waals surface area contributed by atoms with Crippen molar-refractivity contribution in [1.29, 1.82) is 0 Å². The van der Waals surface area contributed by atoms with Crippen LogP contribution in [0.25, 0.3) is 0 Å². The Kier molecular flexibility index (Phi) is 6.16. The van der Waals surface area contributed by atoms with Crippen LogP contribution in [-0.4, -0.2) is 55.4 Å². The zero-order valence-corrected chi connectivity index (χ0v) is 16.2. The minimum absolute atomic E-state index is 0.0653. The van der Waals surface area contributed by atoms with Gasteiger partial charge in [-0.1, -0.05) is 0 Å². The van der Waals surface area contributed by atoms with Crippen molar-refractivity contribution < 1.29 is 23.5 Å². The van der Waals surface area contributed by atoms with E-state index in [4.69, 9.17) is 4.74 Å². The van der Waals surface area contributed by atoms with Crippen LogP contribution in [0.3, 0.4) is 0 Å². The Hall–Kier alpha value is -2.64. The first kappa shape index (κ1) is 20.1. The summed E-state index contributed by atoms with van der Waals surface area (Å²) in [6.45, 7) is 3.54. The lowest BCUT2D eigenvalue weighted by Crippen LogP contribution is -2.41. The number of amides is 3. The first-order chi connectivity index (χ1) is 13.4. The first-order valence-electron chi connectivity index (χ1n) is 9.59. The topological polar surface area (TPSA) is 87.7 Å². The van der Waals surface area contributed by atoms with Crippen LogP contribution in [0.2, 0.25) is 0 Å². The fourth-order valence-electron chi connectivity index (χ4n) is 3.89. The predicted molar refractivity (Wildman–Crippen MR) is 100 cm³/mol. The minimum atomic E-state index is -0.489. The number of ether oxygens (including phenoxy) is 1. The van der Waals surface area contributed by atoms with Crippen molar-refractivity contribution in [2.24, 2.45) is 11.8 Å². The fraction of sp³-hybridized carbons (Fsp3) is 0.550. The third-order valence-corrected chi connectivity index (χ3v) is 5.59. The molecule has 0 aromatic heterocycles. The van der Waals surface area contributed by atoms with Gasteiger partial charge in [0, 0.05) is 38.0 Å². The second kappa shape index (κ2) is 8.58. The van der Waals surface area contributed by atoms with E-state index in [0.29, 0.717) is 31.8 Å². The van der Waals surface area contributed by atoms with Crippen LogP contribution >= 0.6 is 0 Å². The van der Waals surface area contributed by atoms with E-state index in [2.05, 4.69) is 10.6 Å². The van der Waals surface area contributed by atoms with Crippen molar-refractivity contribution in [3.05, 3.63) is 29.6 Å². The van der Waals surface area contributed by atoms with Gasteiger partial charge in [-0.3, -0.25) is 14.4 Å². The summed E-state index contributed by atoms with van der Waals surface area (Å²) in [6, 6.07) is 3.76. The molecule has 2 aliphatic heterocycles. The van der Waals surface area contributed by atoms with Crippen molar-refractivity contribution in [3.63, 3.8) is 0 Å². The van der Waals surface area contributed by atoms with Crippen LogP contribution in [0.4, 0.5) is 4.39 Å². The molecule has 3 rings (SSSR count). The zero-order chi connectivity index (χ0) is 20.3. The number of methoxy groups -OCH3 is 1. The van der Waals surface area contributed by atoms with Gasteiger partial charge >= 0.3 is 0 Å². The molecule has 0 bridgehead atoms. The largest absolute Gasteiger partial charge is 0.496 e. The summed E-state index contributed by atoms with van der Waals surface area (Å²) in [7, 11) is 1.44. The Bertz CT molecular complexity index is 770. The van der Waals surface area contributed by atoms with E-state index in [1.165, 1.54) is 25.3 Å². The summed E-state index contributed by atoms with van der Waals surface area (Å²) < 4.78 is 18.7. The van der Waals surface area contributed by atoms with Crippen molar-refractivity contribution in [2.75, 3.05) is 26.7 Å². The molecule has 0 radical (unpaired) electrons. The van der Waals surface area contributed by atoms with Gasteiger partial charge in [-0.05, 0) is 43.9 Å². The lowest BCUT2D eigenvalue weighted by Gasteiger charge is -2.22. The molecule has 2 N–H and O–H groups in total. The van der Waals surface area contributed by atoms with Crippen LogP contribution in [0.5, 0.6) is 5.75 Å². The van der Waals surface area contributed by atoms with Gasteiger partial charge in [0.15, 0.2) is 0 Å². The molecule has 1 aromatic rings. The molecule has 2 aliphatic rings. The summed E-state index contributed by atoms with van der Waals surface area (Å²) in [5.74, 6) is -0.794. The monoisotopic (exact) mass is 391 g/mol. The third kappa shape index (κ3) is 4.43. The smallest absolute Gasteiger partial charge is 0.257 e. The summed E-state index contributed by atoms with van der Waals surface area (Å²) in [6.07, 6.45) is 1.61. The van der Waals surface area contributed by atoms with E-state index < -0.39 is 5.82 Å². The Labute approximate surface area is 163 Å². The van der Waals surface area contributed by atoms with Gasteiger partial charge in [0.05, 0.1) is 12.7 Å². The first-order valence-corrected chi connectivity index (χ1v) is 9.59. The van der Waals surface area contributed by atoms with Gasteiger partial charge in [-0.2, -0.15) is 0 Å². The molecular formula is C20H26FN3O4. The van der Waals surface area contributed by atoms with Gasteiger partial charge in [0.1, 0.15) is 11.6 Å². The molecule has 0 aliphatic carbocycles. The highest BCUT2D eigenvalue weighted by molar-refractivity contribution is 5.97. The Morgan fingerprint density at radius 3 is 2.86 bits per heavy atom. The molecule has 8 heteroatoms. The van der Waals surface area contributed by atoms with E-state index in [9.17, 15) is 18.8 Å². The van der Waals surface area contributed by atoms with E-state index in [0.717, 1.165) is 6.42 Å². The normalized spacial score (nSPS) is 22.7. The number of benzene rings is 1. The van der Waals surface area contributed by atoms with Crippen molar-refractivity contribution >= 4 is 17.7 Å². The molecule has 2 saturated heterocycles. The highest BCUT2D eigenvalue weighted by atomic mass is 19.1. The van der Waals surface area contributed by atoms with E-state index in [1.54, 1.807) is 4.90 Å². The number of rotatable bonds is 6. The molecule has 152 valence electrons. The number of carbonyl (C=O) groups excluding carboxylic acids is 3. The number of carbonyl (C=O) groups is 3. The molecule has 3 amide bonds. The van der Waals surface area contributed by atoms with Crippen LogP contribution in [-0.2, 0) is 9.59 Å². The second-order valence-corrected chi connectivity index (χ2v) is 7.48. The maximum atomic E-state index is 13.6. The number of hydrogen-bond acceptors (Lipinski definition) is 4. The van der Waals surface area contributed by atoms with Crippen molar-refractivity contribution in [3.8, 4) is 5.75 Å². The fourth-order valence-corrected chi connectivity index (χ4v) is 3.89. The lowest BCUT2D eigenvalue weighted by molar-refractivity contribution is -0.128. The Morgan fingerprint density at radius 1 is 1.39 bits per heavy atom. The third-order valence-electron chi connectivity index (χ3n) is 5.59. The molecule has 3 atom stereocenters. The number of likely N-dealkylation sites (tertiary alicyclic amines) is 1. The quantitative estimate of drug-likeness (QED) is 0.766. The molecule has 28 heavy (non-hydrogen) atoms. The van der Waals surface area contributed by atoms with Crippen LogP contribution in [0.15, 0.2) is 18.2 Å². The minimum Gasteiger partial charge on any atom is -0.496 e. The van der Waals surface area contributed by atoms with Gasteiger partial charge < -0.3 is 20.3 Å². The predicted octanol–water partition coefficient (Wildman–Crippen LogP) is 1.33. The molecule has 2 heterocycles. The number of nitrogens with one attached hydrogen (secondary N) is 2. The molecular weight excluding hydrogens is 365 g/mol. The van der Waals surface area contributed by atoms with E-state index in [-0.39, 0.29) is 47.6 Å².